The van der Waals surface area contributed by atoms with Crippen molar-refractivity contribution < 1.29 is 4.74 Å². The van der Waals surface area contributed by atoms with E-state index in [4.69, 9.17) is 10.00 Å². The predicted molar refractivity (Wildman–Crippen MR) is 45.0 cm³/mol. The van der Waals surface area contributed by atoms with Crippen LogP contribution >= 0.6 is 0 Å². The average molecular weight is 162 g/mol. The Morgan fingerprint density at radius 2 is 2.17 bits per heavy atom. The quantitative estimate of drug-likeness (QED) is 0.629. The summed E-state index contributed by atoms with van der Waals surface area (Å²) in [7, 11) is 1.54. The molecule has 0 aliphatic rings. The second kappa shape index (κ2) is 3.22. The number of hydrogen-bond donors (Lipinski definition) is 0. The topological polar surface area (TPSA) is 45.9 Å². The summed E-state index contributed by atoms with van der Waals surface area (Å²) in [6.45, 7) is 3.68. The predicted octanol–water partition coefficient (Wildman–Crippen LogP) is 1.58. The number of aromatic nitrogens is 1. The lowest BCUT2D eigenvalue weighted by atomic mass is 10.2. The molecule has 0 fully saturated rings. The number of methoxy groups -OCH3 is 1. The van der Waals surface area contributed by atoms with Gasteiger partial charge in [-0.1, -0.05) is 0 Å². The van der Waals surface area contributed by atoms with Crippen molar-refractivity contribution in [2.45, 2.75) is 13.8 Å². The maximum atomic E-state index is 8.74. The maximum absolute atomic E-state index is 8.74. The van der Waals surface area contributed by atoms with Gasteiger partial charge in [0.15, 0.2) is 5.75 Å². The van der Waals surface area contributed by atoms with Crippen LogP contribution in [0.2, 0.25) is 0 Å². The number of nitriles is 1. The molecule has 0 aliphatic carbocycles. The molecule has 1 aromatic heterocycles. The summed E-state index contributed by atoms with van der Waals surface area (Å²) in [6, 6.07) is 3.78. The lowest BCUT2D eigenvalue weighted by molar-refractivity contribution is 0.407. The monoisotopic (exact) mass is 162 g/mol. The average Bonchev–Trinajstić information content (AvgIpc) is 2.03. The van der Waals surface area contributed by atoms with Crippen LogP contribution in [-0.4, -0.2) is 12.1 Å². The van der Waals surface area contributed by atoms with E-state index < -0.39 is 0 Å². The van der Waals surface area contributed by atoms with E-state index in [1.165, 1.54) is 0 Å². The Hall–Kier alpha value is -1.56. The van der Waals surface area contributed by atoms with E-state index in [2.05, 4.69) is 11.1 Å². The van der Waals surface area contributed by atoms with Gasteiger partial charge in [0.1, 0.15) is 6.07 Å². The van der Waals surface area contributed by atoms with E-state index in [0.717, 1.165) is 11.4 Å². The molecule has 1 aromatic rings. The summed E-state index contributed by atoms with van der Waals surface area (Å²) in [6.07, 6.45) is 0. The first kappa shape index (κ1) is 8.54. The van der Waals surface area contributed by atoms with Crippen LogP contribution in [0.4, 0.5) is 0 Å². The molecule has 12 heavy (non-hydrogen) atoms. The van der Waals surface area contributed by atoms with Crippen LogP contribution in [0.25, 0.3) is 0 Å². The normalized spacial score (nSPS) is 9.17. The molecule has 0 aliphatic heterocycles. The van der Waals surface area contributed by atoms with Crippen molar-refractivity contribution in [2.75, 3.05) is 7.11 Å². The van der Waals surface area contributed by atoms with E-state index in [9.17, 15) is 0 Å². The molecule has 0 N–H and O–H groups in total. The van der Waals surface area contributed by atoms with Gasteiger partial charge in [-0.3, -0.25) is 4.98 Å². The van der Waals surface area contributed by atoms with Crippen molar-refractivity contribution >= 4 is 0 Å². The van der Waals surface area contributed by atoms with Crippen molar-refractivity contribution in [3.05, 3.63) is 23.0 Å². The van der Waals surface area contributed by atoms with E-state index in [1.807, 2.05) is 13.8 Å². The van der Waals surface area contributed by atoms with Crippen LogP contribution in [0.5, 0.6) is 5.75 Å². The number of nitrogens with zero attached hydrogens (tertiary/aromatic N) is 2. The summed E-state index contributed by atoms with van der Waals surface area (Å²) < 4.78 is 5.04. The highest BCUT2D eigenvalue weighted by atomic mass is 16.5. The van der Waals surface area contributed by atoms with Gasteiger partial charge in [-0.15, -0.1) is 0 Å². The number of pyridine rings is 1. The summed E-state index contributed by atoms with van der Waals surface area (Å²) >= 11 is 0. The van der Waals surface area contributed by atoms with E-state index in [-0.39, 0.29) is 0 Å². The van der Waals surface area contributed by atoms with E-state index in [1.54, 1.807) is 13.2 Å². The van der Waals surface area contributed by atoms with E-state index in [0.29, 0.717) is 11.3 Å². The van der Waals surface area contributed by atoms with Gasteiger partial charge in [-0.2, -0.15) is 5.26 Å². The van der Waals surface area contributed by atoms with Crippen LogP contribution in [0.1, 0.15) is 17.0 Å². The third-order valence-electron chi connectivity index (χ3n) is 1.60. The number of aryl methyl sites for hydroxylation is 2. The standard InChI is InChI=1S/C9H10N2O/c1-6-4-8(5-10)9(12-3)7(2)11-6/h4H,1-3H3. The zero-order chi connectivity index (χ0) is 9.14. The summed E-state index contributed by atoms with van der Waals surface area (Å²) in [5.41, 5.74) is 2.14. The van der Waals surface area contributed by atoms with Crippen LogP contribution in [0, 0.1) is 25.2 Å². The number of hydrogen-bond acceptors (Lipinski definition) is 3. The molecule has 0 saturated heterocycles. The van der Waals surface area contributed by atoms with Crippen LogP contribution in [0.3, 0.4) is 0 Å². The highest BCUT2D eigenvalue weighted by molar-refractivity contribution is 5.46. The number of ether oxygens (including phenoxy) is 1. The van der Waals surface area contributed by atoms with Gasteiger partial charge in [-0.25, -0.2) is 0 Å². The Balaban J connectivity index is 3.36. The van der Waals surface area contributed by atoms with Crippen molar-refractivity contribution in [2.24, 2.45) is 0 Å². The summed E-state index contributed by atoms with van der Waals surface area (Å²) in [5.74, 6) is 0.572. The van der Waals surface area contributed by atoms with Crippen molar-refractivity contribution in [1.82, 2.24) is 4.98 Å². The Kier molecular flexibility index (Phi) is 2.29. The third kappa shape index (κ3) is 1.37. The third-order valence-corrected chi connectivity index (χ3v) is 1.60. The Morgan fingerprint density at radius 1 is 1.50 bits per heavy atom. The van der Waals surface area contributed by atoms with Gasteiger partial charge in [0.25, 0.3) is 0 Å². The van der Waals surface area contributed by atoms with E-state index >= 15 is 0 Å². The zero-order valence-corrected chi connectivity index (χ0v) is 7.38. The highest BCUT2D eigenvalue weighted by Crippen LogP contribution is 2.21. The lowest BCUT2D eigenvalue weighted by Gasteiger charge is -2.05. The van der Waals surface area contributed by atoms with Crippen molar-refractivity contribution in [3.63, 3.8) is 0 Å². The molecule has 0 saturated carbocycles. The van der Waals surface area contributed by atoms with Crippen molar-refractivity contribution in [1.29, 1.82) is 5.26 Å². The lowest BCUT2D eigenvalue weighted by Crippen LogP contribution is -1.96. The molecular formula is C9H10N2O. The minimum Gasteiger partial charge on any atom is -0.493 e. The van der Waals surface area contributed by atoms with Crippen LogP contribution in [0.15, 0.2) is 6.07 Å². The molecule has 0 bridgehead atoms. The molecule has 0 aromatic carbocycles. The number of rotatable bonds is 1. The first-order valence-corrected chi connectivity index (χ1v) is 3.61. The Labute approximate surface area is 71.6 Å². The van der Waals surface area contributed by atoms with Crippen molar-refractivity contribution in [3.8, 4) is 11.8 Å². The fourth-order valence-electron chi connectivity index (χ4n) is 1.16. The fourth-order valence-corrected chi connectivity index (χ4v) is 1.16. The first-order valence-electron chi connectivity index (χ1n) is 3.61. The SMILES string of the molecule is COc1c(C#N)cc(C)nc1C. The van der Waals surface area contributed by atoms with Crippen LogP contribution < -0.4 is 4.74 Å². The van der Waals surface area contributed by atoms with Gasteiger partial charge < -0.3 is 4.74 Å². The molecule has 0 unspecified atom stereocenters. The molecule has 62 valence electrons. The molecule has 0 radical (unpaired) electrons. The largest absolute Gasteiger partial charge is 0.493 e. The zero-order valence-electron chi connectivity index (χ0n) is 7.38. The van der Waals surface area contributed by atoms with Crippen LogP contribution in [-0.2, 0) is 0 Å². The molecule has 3 nitrogen and oxygen atoms in total. The van der Waals surface area contributed by atoms with Gasteiger partial charge in [0.2, 0.25) is 0 Å². The first-order chi connectivity index (χ1) is 5.69. The minimum absolute atomic E-state index is 0.544. The van der Waals surface area contributed by atoms with Gasteiger partial charge in [0.05, 0.1) is 18.4 Å². The fraction of sp³-hybridized carbons (Fsp3) is 0.333. The molecule has 0 atom stereocenters. The molecule has 3 heteroatoms. The Bertz CT molecular complexity index is 339. The maximum Gasteiger partial charge on any atom is 0.157 e. The Morgan fingerprint density at radius 3 is 2.67 bits per heavy atom. The molecule has 1 heterocycles. The van der Waals surface area contributed by atoms with Gasteiger partial charge >= 0.3 is 0 Å². The summed E-state index contributed by atoms with van der Waals surface area (Å²) in [5, 5.41) is 8.74. The second-order valence-corrected chi connectivity index (χ2v) is 2.54. The molecular weight excluding hydrogens is 152 g/mol. The summed E-state index contributed by atoms with van der Waals surface area (Å²) in [4.78, 5) is 4.18. The molecule has 1 rings (SSSR count). The van der Waals surface area contributed by atoms with Gasteiger partial charge in [0, 0.05) is 5.69 Å². The smallest absolute Gasteiger partial charge is 0.157 e. The molecule has 0 spiro atoms. The second-order valence-electron chi connectivity index (χ2n) is 2.54. The minimum atomic E-state index is 0.544. The van der Waals surface area contributed by atoms with Gasteiger partial charge in [-0.05, 0) is 19.9 Å². The molecule has 0 amide bonds. The highest BCUT2D eigenvalue weighted by Gasteiger charge is 2.07.